The molecule has 0 radical (unpaired) electrons. The number of non-ortho nitro benzene ring substituents is 1. The molecule has 72 valence electrons. The Kier molecular flexibility index (Phi) is 4.03. The minimum absolute atomic E-state index is 0. The maximum atomic E-state index is 10.3. The molecular weight excluding hydrogens is 170 g/mol. The fourth-order valence-electron chi connectivity index (χ4n) is 0.900. The second kappa shape index (κ2) is 4.54. The van der Waals surface area contributed by atoms with Crippen LogP contribution in [0.15, 0.2) is 24.3 Å². The summed E-state index contributed by atoms with van der Waals surface area (Å²) in [5.74, 6) is 0. The van der Waals surface area contributed by atoms with Crippen LogP contribution in [-0.4, -0.2) is 4.92 Å². The number of nitro benzene ring substituents is 1. The fourth-order valence-corrected chi connectivity index (χ4v) is 0.900. The molecule has 5 N–H and O–H groups in total. The molecule has 1 atom stereocenters. The summed E-state index contributed by atoms with van der Waals surface area (Å²) < 4.78 is 0. The van der Waals surface area contributed by atoms with E-state index in [4.69, 9.17) is 5.73 Å². The van der Waals surface area contributed by atoms with Crippen molar-refractivity contribution in [1.29, 1.82) is 0 Å². The Balaban J connectivity index is 0.00000144. The minimum atomic E-state index is -0.426. The van der Waals surface area contributed by atoms with Crippen molar-refractivity contribution in [1.82, 2.24) is 6.15 Å². The number of benzene rings is 1. The van der Waals surface area contributed by atoms with Crippen molar-refractivity contribution in [3.63, 3.8) is 0 Å². The molecular formula is C8H13N3O2. The summed E-state index contributed by atoms with van der Waals surface area (Å²) in [7, 11) is 0. The van der Waals surface area contributed by atoms with E-state index in [1.54, 1.807) is 12.1 Å². The topological polar surface area (TPSA) is 104 Å². The van der Waals surface area contributed by atoms with Gasteiger partial charge in [-0.2, -0.15) is 0 Å². The minimum Gasteiger partial charge on any atom is -0.344 e. The molecule has 0 spiro atoms. The highest BCUT2D eigenvalue weighted by Gasteiger charge is 2.05. The van der Waals surface area contributed by atoms with Crippen molar-refractivity contribution in [3.8, 4) is 0 Å². The van der Waals surface area contributed by atoms with E-state index in [-0.39, 0.29) is 17.9 Å². The van der Waals surface area contributed by atoms with Gasteiger partial charge in [0, 0.05) is 18.2 Å². The largest absolute Gasteiger partial charge is 0.344 e. The van der Waals surface area contributed by atoms with Crippen LogP contribution in [0, 0.1) is 10.1 Å². The van der Waals surface area contributed by atoms with Gasteiger partial charge in [-0.05, 0) is 12.5 Å². The number of nitrogens with zero attached hydrogens (tertiary/aromatic N) is 1. The molecule has 0 aliphatic rings. The standard InChI is InChI=1S/C8H10N2O2.H3N/c1-6(9)7-2-4-8(5-3-7)10(11)12;/h2-6H,9H2,1H3;1H3. The van der Waals surface area contributed by atoms with Gasteiger partial charge in [-0.15, -0.1) is 0 Å². The predicted octanol–water partition coefficient (Wildman–Crippen LogP) is 1.78. The summed E-state index contributed by atoms with van der Waals surface area (Å²) in [5, 5.41) is 10.3. The molecule has 1 rings (SSSR count). The number of hydrogen-bond acceptors (Lipinski definition) is 4. The summed E-state index contributed by atoms with van der Waals surface area (Å²) in [6.07, 6.45) is 0. The third kappa shape index (κ3) is 2.81. The Morgan fingerprint density at radius 1 is 1.38 bits per heavy atom. The highest BCUT2D eigenvalue weighted by molar-refractivity contribution is 5.33. The molecule has 0 aliphatic carbocycles. The average Bonchev–Trinajstić information content (AvgIpc) is 2.04. The van der Waals surface area contributed by atoms with Crippen LogP contribution in [0.25, 0.3) is 0 Å². The molecule has 1 unspecified atom stereocenters. The highest BCUT2D eigenvalue weighted by atomic mass is 16.6. The van der Waals surface area contributed by atoms with Gasteiger partial charge >= 0.3 is 0 Å². The van der Waals surface area contributed by atoms with Gasteiger partial charge in [0.25, 0.3) is 5.69 Å². The number of rotatable bonds is 2. The molecule has 0 amide bonds. The van der Waals surface area contributed by atoms with Crippen molar-refractivity contribution in [2.45, 2.75) is 13.0 Å². The maximum absolute atomic E-state index is 10.3. The van der Waals surface area contributed by atoms with E-state index in [2.05, 4.69) is 0 Å². The van der Waals surface area contributed by atoms with Crippen molar-refractivity contribution < 1.29 is 4.92 Å². The molecule has 0 aromatic heterocycles. The van der Waals surface area contributed by atoms with Gasteiger partial charge in [-0.1, -0.05) is 12.1 Å². The first kappa shape index (κ1) is 11.5. The lowest BCUT2D eigenvalue weighted by Crippen LogP contribution is -2.04. The highest BCUT2D eigenvalue weighted by Crippen LogP contribution is 2.15. The molecule has 1 aromatic rings. The summed E-state index contributed by atoms with van der Waals surface area (Å²) in [6.45, 7) is 1.83. The number of nitrogens with two attached hydrogens (primary N) is 1. The normalized spacial score (nSPS) is 11.5. The predicted molar refractivity (Wildman–Crippen MR) is 50.7 cm³/mol. The van der Waals surface area contributed by atoms with Gasteiger partial charge in [0.2, 0.25) is 0 Å². The smallest absolute Gasteiger partial charge is 0.269 e. The molecule has 0 fully saturated rings. The second-order valence-electron chi connectivity index (χ2n) is 2.64. The van der Waals surface area contributed by atoms with Crippen molar-refractivity contribution >= 4 is 5.69 Å². The molecule has 5 nitrogen and oxygen atoms in total. The molecule has 0 saturated carbocycles. The third-order valence-corrected chi connectivity index (χ3v) is 1.63. The lowest BCUT2D eigenvalue weighted by molar-refractivity contribution is -0.384. The second-order valence-corrected chi connectivity index (χ2v) is 2.64. The molecule has 13 heavy (non-hydrogen) atoms. The van der Waals surface area contributed by atoms with Gasteiger partial charge in [0.05, 0.1) is 4.92 Å². The van der Waals surface area contributed by atoms with Crippen LogP contribution in [0.3, 0.4) is 0 Å². The Morgan fingerprint density at radius 2 is 1.85 bits per heavy atom. The number of nitro groups is 1. The van der Waals surface area contributed by atoms with E-state index in [9.17, 15) is 10.1 Å². The van der Waals surface area contributed by atoms with Crippen molar-refractivity contribution in [3.05, 3.63) is 39.9 Å². The number of hydrogen-bond donors (Lipinski definition) is 2. The Labute approximate surface area is 76.3 Å². The quantitative estimate of drug-likeness (QED) is 0.538. The molecule has 5 heteroatoms. The fraction of sp³-hybridized carbons (Fsp3) is 0.250. The Morgan fingerprint density at radius 3 is 2.15 bits per heavy atom. The first-order valence-electron chi connectivity index (χ1n) is 3.61. The summed E-state index contributed by atoms with van der Waals surface area (Å²) in [4.78, 5) is 9.83. The van der Waals surface area contributed by atoms with Crippen LogP contribution < -0.4 is 11.9 Å². The van der Waals surface area contributed by atoms with Gasteiger partial charge < -0.3 is 11.9 Å². The van der Waals surface area contributed by atoms with E-state index < -0.39 is 4.92 Å². The average molecular weight is 183 g/mol. The van der Waals surface area contributed by atoms with E-state index in [1.165, 1.54) is 12.1 Å². The first-order valence-corrected chi connectivity index (χ1v) is 3.61. The van der Waals surface area contributed by atoms with Crippen LogP contribution in [0.4, 0.5) is 5.69 Å². The van der Waals surface area contributed by atoms with Crippen molar-refractivity contribution in [2.24, 2.45) is 5.73 Å². The lowest BCUT2D eigenvalue weighted by Gasteiger charge is -2.03. The monoisotopic (exact) mass is 183 g/mol. The van der Waals surface area contributed by atoms with E-state index in [0.717, 1.165) is 5.56 Å². The van der Waals surface area contributed by atoms with E-state index in [0.29, 0.717) is 0 Å². The van der Waals surface area contributed by atoms with Crippen LogP contribution in [0.1, 0.15) is 18.5 Å². The third-order valence-electron chi connectivity index (χ3n) is 1.63. The van der Waals surface area contributed by atoms with Gasteiger partial charge in [0.15, 0.2) is 0 Å². The zero-order valence-electron chi connectivity index (χ0n) is 7.43. The molecule has 0 bridgehead atoms. The molecule has 0 aliphatic heterocycles. The van der Waals surface area contributed by atoms with Gasteiger partial charge in [-0.25, -0.2) is 0 Å². The Bertz CT molecular complexity index is 282. The first-order chi connectivity index (χ1) is 5.61. The van der Waals surface area contributed by atoms with E-state index >= 15 is 0 Å². The SMILES string of the molecule is CC(N)c1ccc([N+](=O)[O-])cc1.N. The zero-order valence-corrected chi connectivity index (χ0v) is 7.43. The summed E-state index contributed by atoms with van der Waals surface area (Å²) in [6, 6.07) is 6.18. The van der Waals surface area contributed by atoms with Crippen LogP contribution >= 0.6 is 0 Å². The molecule has 0 heterocycles. The summed E-state index contributed by atoms with van der Waals surface area (Å²) in [5.41, 5.74) is 6.57. The van der Waals surface area contributed by atoms with Crippen LogP contribution in [0.5, 0.6) is 0 Å². The van der Waals surface area contributed by atoms with Gasteiger partial charge in [-0.3, -0.25) is 10.1 Å². The van der Waals surface area contributed by atoms with E-state index in [1.807, 2.05) is 6.92 Å². The molecule has 1 aromatic carbocycles. The summed E-state index contributed by atoms with van der Waals surface area (Å²) >= 11 is 0. The zero-order chi connectivity index (χ0) is 9.14. The lowest BCUT2D eigenvalue weighted by atomic mass is 10.1. The van der Waals surface area contributed by atoms with Crippen molar-refractivity contribution in [2.75, 3.05) is 0 Å². The Hall–Kier alpha value is -1.46. The van der Waals surface area contributed by atoms with Crippen LogP contribution in [0.2, 0.25) is 0 Å². The van der Waals surface area contributed by atoms with Gasteiger partial charge in [0.1, 0.15) is 0 Å². The van der Waals surface area contributed by atoms with Crippen LogP contribution in [-0.2, 0) is 0 Å². The molecule has 0 saturated heterocycles. The maximum Gasteiger partial charge on any atom is 0.269 e.